The van der Waals surface area contributed by atoms with Crippen LogP contribution in [0.2, 0.25) is 10.0 Å². The van der Waals surface area contributed by atoms with Gasteiger partial charge < -0.3 is 9.80 Å². The summed E-state index contributed by atoms with van der Waals surface area (Å²) in [5.74, 6) is 1.49. The smallest absolute Gasteiger partial charge is 0.272 e. The number of non-ortho nitro benzene ring substituents is 1. The summed E-state index contributed by atoms with van der Waals surface area (Å²) in [6.07, 6.45) is 1.48. The topological polar surface area (TPSA) is 92.7 Å². The molecule has 0 N–H and O–H groups in total. The molecule has 0 spiro atoms. The Labute approximate surface area is 164 Å². The molecular weight excluding hydrogens is 393 g/mol. The molecule has 140 valence electrons. The summed E-state index contributed by atoms with van der Waals surface area (Å²) in [5.41, 5.74) is 1.38. The molecule has 1 saturated heterocycles. The normalized spacial score (nSPS) is 14.8. The van der Waals surface area contributed by atoms with Crippen LogP contribution in [0.3, 0.4) is 0 Å². The van der Waals surface area contributed by atoms with Gasteiger partial charge in [0.15, 0.2) is 0 Å². The molecule has 3 aromatic rings. The molecule has 27 heavy (non-hydrogen) atoms. The fourth-order valence-electron chi connectivity index (χ4n) is 3.26. The molecule has 0 atom stereocenters. The summed E-state index contributed by atoms with van der Waals surface area (Å²) in [4.78, 5) is 23.2. The molecule has 3 heterocycles. The van der Waals surface area contributed by atoms with Gasteiger partial charge in [0.1, 0.15) is 12.1 Å². The first kappa shape index (κ1) is 17.7. The van der Waals surface area contributed by atoms with E-state index in [1.165, 1.54) is 18.5 Å². The zero-order chi connectivity index (χ0) is 19.1. The molecule has 9 nitrogen and oxygen atoms in total. The van der Waals surface area contributed by atoms with Crippen molar-refractivity contribution >= 4 is 46.2 Å². The van der Waals surface area contributed by atoms with Gasteiger partial charge in [0.25, 0.3) is 11.5 Å². The Bertz CT molecular complexity index is 1010. The molecule has 1 aliphatic heterocycles. The summed E-state index contributed by atoms with van der Waals surface area (Å²) in [5, 5.41) is 15.8. The highest BCUT2D eigenvalue weighted by atomic mass is 35.5. The number of anilines is 2. The van der Waals surface area contributed by atoms with Crippen LogP contribution < -0.4 is 9.80 Å². The summed E-state index contributed by atoms with van der Waals surface area (Å²) < 4.78 is 1.72. The van der Waals surface area contributed by atoms with Crippen molar-refractivity contribution in [2.75, 3.05) is 36.0 Å². The Morgan fingerprint density at radius 3 is 2.33 bits per heavy atom. The highest BCUT2D eigenvalue weighted by Gasteiger charge is 2.25. The fourth-order valence-corrected chi connectivity index (χ4v) is 3.97. The van der Waals surface area contributed by atoms with Crippen molar-refractivity contribution in [3.8, 4) is 0 Å². The standard InChI is InChI=1S/C16H15Cl2N7O2/c1-10-6-14(24-16(21-10)19-9-20-24)22-2-4-23(5-3-22)15-12(17)7-11(25(26)27)8-13(15)18/h6-9H,2-5H2,1H3. The zero-order valence-corrected chi connectivity index (χ0v) is 15.9. The highest BCUT2D eigenvalue weighted by Crippen LogP contribution is 2.38. The Morgan fingerprint density at radius 2 is 1.70 bits per heavy atom. The Morgan fingerprint density at radius 1 is 1.07 bits per heavy atom. The second-order valence-corrected chi connectivity index (χ2v) is 7.03. The molecule has 11 heteroatoms. The van der Waals surface area contributed by atoms with Crippen LogP contribution in [0.4, 0.5) is 17.2 Å². The number of hydrogen-bond donors (Lipinski definition) is 0. The van der Waals surface area contributed by atoms with E-state index >= 15 is 0 Å². The van der Waals surface area contributed by atoms with Crippen molar-refractivity contribution in [3.63, 3.8) is 0 Å². The Balaban J connectivity index is 1.57. The van der Waals surface area contributed by atoms with Gasteiger partial charge in [-0.2, -0.15) is 14.6 Å². The van der Waals surface area contributed by atoms with Gasteiger partial charge in [0.05, 0.1) is 20.7 Å². The van der Waals surface area contributed by atoms with Crippen LogP contribution in [0, 0.1) is 17.0 Å². The van der Waals surface area contributed by atoms with Gasteiger partial charge in [-0.15, -0.1) is 0 Å². The molecule has 0 bridgehead atoms. The van der Waals surface area contributed by atoms with Gasteiger partial charge in [-0.05, 0) is 6.92 Å². The van der Waals surface area contributed by atoms with Crippen LogP contribution in [0.1, 0.15) is 5.69 Å². The largest absolute Gasteiger partial charge is 0.366 e. The van der Waals surface area contributed by atoms with E-state index in [-0.39, 0.29) is 15.7 Å². The maximum Gasteiger partial charge on any atom is 0.272 e. The van der Waals surface area contributed by atoms with E-state index in [9.17, 15) is 10.1 Å². The number of fused-ring (bicyclic) bond motifs is 1. The third-order valence-electron chi connectivity index (χ3n) is 4.49. The van der Waals surface area contributed by atoms with E-state index < -0.39 is 4.92 Å². The number of piperazine rings is 1. The third-order valence-corrected chi connectivity index (χ3v) is 5.07. The maximum atomic E-state index is 11.0. The molecule has 1 fully saturated rings. The van der Waals surface area contributed by atoms with E-state index in [1.54, 1.807) is 4.52 Å². The summed E-state index contributed by atoms with van der Waals surface area (Å²) >= 11 is 12.5. The lowest BCUT2D eigenvalue weighted by atomic mass is 10.2. The van der Waals surface area contributed by atoms with Crippen molar-refractivity contribution < 1.29 is 4.92 Å². The number of rotatable bonds is 3. The second-order valence-electron chi connectivity index (χ2n) is 6.22. The fraction of sp³-hybridized carbons (Fsp3) is 0.312. The number of aromatic nitrogens is 4. The summed E-state index contributed by atoms with van der Waals surface area (Å²) in [7, 11) is 0. The van der Waals surface area contributed by atoms with Crippen LogP contribution in [0.25, 0.3) is 5.78 Å². The number of aryl methyl sites for hydroxylation is 1. The lowest BCUT2D eigenvalue weighted by molar-refractivity contribution is -0.384. The van der Waals surface area contributed by atoms with Crippen LogP contribution >= 0.6 is 23.2 Å². The first-order valence-corrected chi connectivity index (χ1v) is 9.00. The quantitative estimate of drug-likeness (QED) is 0.486. The molecule has 0 aliphatic carbocycles. The van der Waals surface area contributed by atoms with E-state index in [0.717, 1.165) is 11.5 Å². The number of nitro benzene ring substituents is 1. The second kappa shape index (κ2) is 6.82. The molecule has 2 aromatic heterocycles. The Hall–Kier alpha value is -2.65. The number of nitro groups is 1. The zero-order valence-electron chi connectivity index (χ0n) is 14.3. The van der Waals surface area contributed by atoms with Gasteiger partial charge in [0, 0.05) is 50.1 Å². The predicted molar refractivity (Wildman–Crippen MR) is 103 cm³/mol. The number of benzene rings is 1. The Kier molecular flexibility index (Phi) is 4.48. The van der Waals surface area contributed by atoms with Crippen LogP contribution in [0.5, 0.6) is 0 Å². The first-order valence-electron chi connectivity index (χ1n) is 8.25. The molecule has 0 amide bonds. The minimum absolute atomic E-state index is 0.117. The van der Waals surface area contributed by atoms with Crippen molar-refractivity contribution in [3.05, 3.63) is 50.4 Å². The summed E-state index contributed by atoms with van der Waals surface area (Å²) in [6.45, 7) is 4.67. The van der Waals surface area contributed by atoms with E-state index in [2.05, 4.69) is 20.0 Å². The molecule has 0 saturated carbocycles. The summed E-state index contributed by atoms with van der Waals surface area (Å²) in [6, 6.07) is 4.64. The number of hydrogen-bond acceptors (Lipinski definition) is 7. The van der Waals surface area contributed by atoms with Crippen LogP contribution in [0.15, 0.2) is 24.5 Å². The van der Waals surface area contributed by atoms with Gasteiger partial charge >= 0.3 is 0 Å². The van der Waals surface area contributed by atoms with Crippen molar-refractivity contribution in [2.45, 2.75) is 6.92 Å². The number of nitrogens with zero attached hydrogens (tertiary/aromatic N) is 7. The minimum atomic E-state index is -0.505. The van der Waals surface area contributed by atoms with Crippen LogP contribution in [-0.4, -0.2) is 50.7 Å². The number of halogens is 2. The maximum absolute atomic E-state index is 11.0. The molecule has 4 rings (SSSR count). The highest BCUT2D eigenvalue weighted by molar-refractivity contribution is 6.39. The van der Waals surface area contributed by atoms with E-state index in [0.29, 0.717) is 37.6 Å². The van der Waals surface area contributed by atoms with Gasteiger partial charge in [-0.25, -0.2) is 4.98 Å². The molecule has 1 aliphatic rings. The van der Waals surface area contributed by atoms with E-state index in [1.807, 2.05) is 17.9 Å². The minimum Gasteiger partial charge on any atom is -0.366 e. The van der Waals surface area contributed by atoms with Gasteiger partial charge in [0.2, 0.25) is 0 Å². The lowest BCUT2D eigenvalue weighted by Crippen LogP contribution is -2.47. The van der Waals surface area contributed by atoms with Crippen LogP contribution in [-0.2, 0) is 0 Å². The molecule has 0 unspecified atom stereocenters. The monoisotopic (exact) mass is 407 g/mol. The third kappa shape index (κ3) is 3.24. The molecule has 1 aromatic carbocycles. The van der Waals surface area contributed by atoms with Crippen molar-refractivity contribution in [2.24, 2.45) is 0 Å². The molecular formula is C16H15Cl2N7O2. The SMILES string of the molecule is Cc1cc(N2CCN(c3c(Cl)cc([N+](=O)[O-])cc3Cl)CC2)n2ncnc2n1. The van der Waals surface area contributed by atoms with Crippen molar-refractivity contribution in [1.29, 1.82) is 0 Å². The predicted octanol–water partition coefficient (Wildman–Crippen LogP) is 2.97. The average molecular weight is 408 g/mol. The van der Waals surface area contributed by atoms with Gasteiger partial charge in [-0.3, -0.25) is 10.1 Å². The average Bonchev–Trinajstić information content (AvgIpc) is 3.09. The van der Waals surface area contributed by atoms with Gasteiger partial charge in [-0.1, -0.05) is 23.2 Å². The first-order chi connectivity index (χ1) is 12.9. The lowest BCUT2D eigenvalue weighted by Gasteiger charge is -2.37. The van der Waals surface area contributed by atoms with E-state index in [4.69, 9.17) is 23.2 Å². The molecule has 0 radical (unpaired) electrons. The van der Waals surface area contributed by atoms with Crippen molar-refractivity contribution in [1.82, 2.24) is 19.6 Å².